The molecule has 1 saturated heterocycles. The highest BCUT2D eigenvalue weighted by Gasteiger charge is 2.45. The highest BCUT2D eigenvalue weighted by atomic mass is 16.5. The summed E-state index contributed by atoms with van der Waals surface area (Å²) in [6.07, 6.45) is 4.94. The second-order valence-electron chi connectivity index (χ2n) is 8.15. The maximum atomic E-state index is 13.7. The Kier molecular flexibility index (Phi) is 5.98. The van der Waals surface area contributed by atoms with Crippen LogP contribution < -0.4 is 0 Å². The number of fused-ring (bicyclic) bond motifs is 1. The summed E-state index contributed by atoms with van der Waals surface area (Å²) in [5.74, 6) is 0.739. The number of benzene rings is 2. The van der Waals surface area contributed by atoms with Crippen molar-refractivity contribution in [2.24, 2.45) is 11.8 Å². The molecular formula is C25H29NO3. The van der Waals surface area contributed by atoms with E-state index in [9.17, 15) is 9.59 Å². The van der Waals surface area contributed by atoms with Crippen LogP contribution in [0.15, 0.2) is 54.6 Å². The fourth-order valence-corrected chi connectivity index (χ4v) is 5.17. The molecule has 29 heavy (non-hydrogen) atoms. The number of rotatable bonds is 5. The largest absolute Gasteiger partial charge is 0.466 e. The molecule has 0 radical (unpaired) electrons. The molecule has 4 rings (SSSR count). The minimum absolute atomic E-state index is 0.0353. The van der Waals surface area contributed by atoms with Crippen LogP contribution in [0.1, 0.15) is 49.4 Å². The van der Waals surface area contributed by atoms with E-state index in [1.54, 1.807) is 0 Å². The molecular weight excluding hydrogens is 362 g/mol. The topological polar surface area (TPSA) is 46.6 Å². The smallest absolute Gasteiger partial charge is 0.307 e. The molecule has 2 aromatic carbocycles. The van der Waals surface area contributed by atoms with E-state index in [-0.39, 0.29) is 17.9 Å². The molecule has 152 valence electrons. The van der Waals surface area contributed by atoms with Gasteiger partial charge in [0.05, 0.1) is 13.0 Å². The lowest BCUT2D eigenvalue weighted by atomic mass is 9.78. The van der Waals surface area contributed by atoms with Crippen molar-refractivity contribution in [1.29, 1.82) is 0 Å². The van der Waals surface area contributed by atoms with Gasteiger partial charge in [-0.3, -0.25) is 9.59 Å². The first-order valence-corrected chi connectivity index (χ1v) is 10.8. The summed E-state index contributed by atoms with van der Waals surface area (Å²) in [4.78, 5) is 28.0. The Morgan fingerprint density at radius 3 is 2.52 bits per heavy atom. The molecule has 0 aromatic heterocycles. The molecule has 3 atom stereocenters. The summed E-state index contributed by atoms with van der Waals surface area (Å²) in [6.45, 7) is 2.95. The standard InChI is InChI=1S/C25H29NO3/c1-2-29-24(27)16-23-21-14-7-6-12-19(21)17-26(23)25(28)22-15-9-8-13-20(22)18-10-4-3-5-11-18/h3-5,8-11,13,15,19,21,23H,2,6-7,12,14,16-17H2,1H3. The monoisotopic (exact) mass is 391 g/mol. The fourth-order valence-electron chi connectivity index (χ4n) is 5.17. The Bertz CT molecular complexity index is 863. The van der Waals surface area contributed by atoms with E-state index < -0.39 is 0 Å². The van der Waals surface area contributed by atoms with Gasteiger partial charge in [0.15, 0.2) is 0 Å². The third kappa shape index (κ3) is 4.07. The van der Waals surface area contributed by atoms with Gasteiger partial charge in [-0.25, -0.2) is 0 Å². The number of esters is 1. The molecule has 4 heteroatoms. The lowest BCUT2D eigenvalue weighted by Crippen LogP contribution is -2.40. The van der Waals surface area contributed by atoms with E-state index in [0.29, 0.717) is 30.4 Å². The van der Waals surface area contributed by atoms with Crippen LogP contribution in [0.5, 0.6) is 0 Å². The number of amides is 1. The molecule has 1 aliphatic heterocycles. The Hall–Kier alpha value is -2.62. The normalized spacial score (nSPS) is 23.5. The van der Waals surface area contributed by atoms with Gasteiger partial charge in [-0.15, -0.1) is 0 Å². The first-order valence-electron chi connectivity index (χ1n) is 10.8. The molecule has 1 heterocycles. The summed E-state index contributed by atoms with van der Waals surface area (Å²) >= 11 is 0. The van der Waals surface area contributed by atoms with Gasteiger partial charge in [0.25, 0.3) is 5.91 Å². The number of ether oxygens (including phenoxy) is 1. The maximum absolute atomic E-state index is 13.7. The molecule has 1 saturated carbocycles. The summed E-state index contributed by atoms with van der Waals surface area (Å²) in [6, 6.07) is 17.8. The molecule has 0 bridgehead atoms. The van der Waals surface area contributed by atoms with Crippen LogP contribution in [-0.4, -0.2) is 36.0 Å². The van der Waals surface area contributed by atoms with Gasteiger partial charge in [0.1, 0.15) is 0 Å². The van der Waals surface area contributed by atoms with Crippen molar-refractivity contribution in [3.8, 4) is 11.1 Å². The van der Waals surface area contributed by atoms with Crippen molar-refractivity contribution < 1.29 is 14.3 Å². The van der Waals surface area contributed by atoms with Gasteiger partial charge in [-0.1, -0.05) is 61.4 Å². The van der Waals surface area contributed by atoms with Crippen molar-refractivity contribution in [2.75, 3.05) is 13.2 Å². The van der Waals surface area contributed by atoms with Crippen LogP contribution in [0.3, 0.4) is 0 Å². The van der Waals surface area contributed by atoms with Gasteiger partial charge >= 0.3 is 5.97 Å². The number of likely N-dealkylation sites (tertiary alicyclic amines) is 1. The number of carbonyl (C=O) groups excluding carboxylic acids is 2. The number of nitrogens with zero attached hydrogens (tertiary/aromatic N) is 1. The lowest BCUT2D eigenvalue weighted by Gasteiger charge is -2.30. The van der Waals surface area contributed by atoms with Crippen molar-refractivity contribution >= 4 is 11.9 Å². The third-order valence-corrected chi connectivity index (χ3v) is 6.48. The van der Waals surface area contributed by atoms with E-state index in [4.69, 9.17) is 4.74 Å². The van der Waals surface area contributed by atoms with Crippen LogP contribution in [0.2, 0.25) is 0 Å². The predicted molar refractivity (Wildman–Crippen MR) is 113 cm³/mol. The van der Waals surface area contributed by atoms with Gasteiger partial charge in [0.2, 0.25) is 0 Å². The highest BCUT2D eigenvalue weighted by Crippen LogP contribution is 2.42. The number of hydrogen-bond acceptors (Lipinski definition) is 3. The van der Waals surface area contributed by atoms with E-state index in [1.165, 1.54) is 12.8 Å². The lowest BCUT2D eigenvalue weighted by molar-refractivity contribution is -0.144. The van der Waals surface area contributed by atoms with Gasteiger partial charge in [0, 0.05) is 18.2 Å². The molecule has 2 aromatic rings. The minimum Gasteiger partial charge on any atom is -0.466 e. The predicted octanol–water partition coefficient (Wildman–Crippen LogP) is 4.94. The molecule has 3 unspecified atom stereocenters. The molecule has 2 fully saturated rings. The zero-order valence-corrected chi connectivity index (χ0v) is 17.0. The maximum Gasteiger partial charge on any atom is 0.307 e. The van der Waals surface area contributed by atoms with E-state index in [0.717, 1.165) is 30.5 Å². The molecule has 2 aliphatic rings. The van der Waals surface area contributed by atoms with E-state index in [1.807, 2.05) is 66.4 Å². The van der Waals surface area contributed by atoms with Crippen LogP contribution in [0.25, 0.3) is 11.1 Å². The SMILES string of the molecule is CCOC(=O)CC1C2CCCCC2CN1C(=O)c1ccccc1-c1ccccc1. The van der Waals surface area contributed by atoms with E-state index in [2.05, 4.69) is 0 Å². The number of carbonyl (C=O) groups is 2. The molecule has 1 amide bonds. The Balaban J connectivity index is 1.65. The second kappa shape index (κ2) is 8.81. The molecule has 0 spiro atoms. The Morgan fingerprint density at radius 1 is 1.00 bits per heavy atom. The van der Waals surface area contributed by atoms with Crippen molar-refractivity contribution in [1.82, 2.24) is 4.90 Å². The third-order valence-electron chi connectivity index (χ3n) is 6.48. The second-order valence-corrected chi connectivity index (χ2v) is 8.15. The van der Waals surface area contributed by atoms with Crippen molar-refractivity contribution in [3.05, 3.63) is 60.2 Å². The quantitative estimate of drug-likeness (QED) is 0.679. The zero-order chi connectivity index (χ0) is 20.2. The highest BCUT2D eigenvalue weighted by molar-refractivity contribution is 6.01. The van der Waals surface area contributed by atoms with Crippen molar-refractivity contribution in [3.63, 3.8) is 0 Å². The Morgan fingerprint density at radius 2 is 1.72 bits per heavy atom. The van der Waals surface area contributed by atoms with Crippen LogP contribution >= 0.6 is 0 Å². The van der Waals surface area contributed by atoms with E-state index >= 15 is 0 Å². The molecule has 0 N–H and O–H groups in total. The summed E-state index contributed by atoms with van der Waals surface area (Å²) in [7, 11) is 0. The van der Waals surface area contributed by atoms with Gasteiger partial charge < -0.3 is 9.64 Å². The average Bonchev–Trinajstić information content (AvgIpc) is 3.12. The van der Waals surface area contributed by atoms with Crippen molar-refractivity contribution in [2.45, 2.75) is 45.1 Å². The first-order chi connectivity index (χ1) is 14.2. The number of hydrogen-bond donors (Lipinski definition) is 0. The fraction of sp³-hybridized carbons (Fsp3) is 0.440. The summed E-state index contributed by atoms with van der Waals surface area (Å²) in [5, 5.41) is 0. The average molecular weight is 392 g/mol. The van der Waals surface area contributed by atoms with Gasteiger partial charge in [-0.05, 0) is 48.8 Å². The summed E-state index contributed by atoms with van der Waals surface area (Å²) < 4.78 is 5.23. The Labute approximate surface area is 172 Å². The molecule has 4 nitrogen and oxygen atoms in total. The van der Waals surface area contributed by atoms with Crippen LogP contribution in [0.4, 0.5) is 0 Å². The van der Waals surface area contributed by atoms with Gasteiger partial charge in [-0.2, -0.15) is 0 Å². The van der Waals surface area contributed by atoms with Crippen LogP contribution in [-0.2, 0) is 9.53 Å². The zero-order valence-electron chi connectivity index (χ0n) is 17.0. The minimum atomic E-state index is -0.196. The summed E-state index contributed by atoms with van der Waals surface area (Å²) in [5.41, 5.74) is 2.70. The molecule has 1 aliphatic carbocycles. The first kappa shape index (κ1) is 19.7. The van der Waals surface area contributed by atoms with Crippen LogP contribution in [0, 0.1) is 11.8 Å².